The average molecular weight is 692 g/mol. The van der Waals surface area contributed by atoms with E-state index in [0.717, 1.165) is 37.4 Å². The Hall–Kier alpha value is -1.53. The van der Waals surface area contributed by atoms with Gasteiger partial charge in [-0.2, -0.15) is 0 Å². The Morgan fingerprint density at radius 3 is 2.57 bits per heavy atom. The predicted octanol–water partition coefficient (Wildman–Crippen LogP) is 5.61. The summed E-state index contributed by atoms with van der Waals surface area (Å²) in [5, 5.41) is 0. The summed E-state index contributed by atoms with van der Waals surface area (Å²) in [7, 11) is 2.20. The van der Waals surface area contributed by atoms with Crippen LogP contribution in [0, 0.1) is 29.6 Å². The monoisotopic (exact) mass is 691 g/mol. The van der Waals surface area contributed by atoms with Crippen molar-refractivity contribution in [2.75, 3.05) is 33.4 Å². The number of nitrogens with zero attached hydrogens (tertiary/aromatic N) is 3. The maximum Gasteiger partial charge on any atom is 0.238 e. The summed E-state index contributed by atoms with van der Waals surface area (Å²) >= 11 is 1.87. The van der Waals surface area contributed by atoms with Crippen LogP contribution in [0.3, 0.4) is 0 Å². The van der Waals surface area contributed by atoms with Gasteiger partial charge in [0.1, 0.15) is 12.4 Å². The molecule has 6 rings (SSSR count). The fourth-order valence-corrected chi connectivity index (χ4v) is 8.76. The van der Waals surface area contributed by atoms with E-state index in [1.54, 1.807) is 11.8 Å². The number of nitrogens with one attached hydrogen (secondary N) is 2. The number of fused-ring (bicyclic) bond motifs is 1. The molecule has 4 heterocycles. The van der Waals surface area contributed by atoms with Gasteiger partial charge in [0.25, 0.3) is 0 Å². The van der Waals surface area contributed by atoms with Crippen LogP contribution >= 0.6 is 22.6 Å². The number of alkyl halides is 2. The van der Waals surface area contributed by atoms with Crippen LogP contribution in [0.1, 0.15) is 58.8 Å². The van der Waals surface area contributed by atoms with Crippen molar-refractivity contribution in [1.29, 1.82) is 0 Å². The summed E-state index contributed by atoms with van der Waals surface area (Å²) in [6.07, 6.45) is 16.6. The number of morpholine rings is 1. The van der Waals surface area contributed by atoms with Crippen molar-refractivity contribution < 1.29 is 13.9 Å². The Morgan fingerprint density at radius 2 is 1.95 bits per heavy atom. The van der Waals surface area contributed by atoms with Crippen molar-refractivity contribution in [1.82, 2.24) is 25.6 Å². The molecule has 5 unspecified atom stereocenters. The quantitative estimate of drug-likeness (QED) is 0.196. The molecule has 0 aromatic heterocycles. The highest BCUT2D eigenvalue weighted by Gasteiger charge is 2.49. The summed E-state index contributed by atoms with van der Waals surface area (Å²) in [4.78, 5) is 20.7. The van der Waals surface area contributed by atoms with E-state index in [1.807, 2.05) is 40.9 Å². The summed E-state index contributed by atoms with van der Waals surface area (Å²) in [5.74, 6) is 2.73. The number of amides is 1. The van der Waals surface area contributed by atoms with Gasteiger partial charge in [-0.15, -0.1) is 6.58 Å². The summed E-state index contributed by atoms with van der Waals surface area (Å²) in [6, 6.07) is 0. The maximum absolute atomic E-state index is 15.9. The SMILES string of the molecule is C=CC(C)(C1=CN2C(=O)C(C3CCCC([C@@H](C4CCC4)C4NNCN4C)C3)C=C2C([C@@](C)(F)I)=C1)N1CCOC(=C)C1. The molecule has 42 heavy (non-hydrogen) atoms. The van der Waals surface area contributed by atoms with Gasteiger partial charge < -0.3 is 4.74 Å². The molecule has 2 N–H and O–H groups in total. The lowest BCUT2D eigenvalue weighted by Crippen LogP contribution is -2.51. The fourth-order valence-electron chi connectivity index (χ4n) is 8.33. The first kappa shape index (κ1) is 30.5. The van der Waals surface area contributed by atoms with Crippen LogP contribution < -0.4 is 10.9 Å². The maximum atomic E-state index is 15.9. The molecule has 2 aliphatic carbocycles. The number of carbonyl (C=O) groups excluding carboxylic acids is 1. The van der Waals surface area contributed by atoms with Crippen LogP contribution in [0.25, 0.3) is 0 Å². The van der Waals surface area contributed by atoms with Gasteiger partial charge in [0.2, 0.25) is 5.91 Å². The lowest BCUT2D eigenvalue weighted by molar-refractivity contribution is -0.130. The smallest absolute Gasteiger partial charge is 0.238 e. The topological polar surface area (TPSA) is 60.1 Å². The molecule has 0 aromatic carbocycles. The van der Waals surface area contributed by atoms with E-state index in [-0.39, 0.29) is 17.7 Å². The second-order valence-electron chi connectivity index (χ2n) is 13.6. The predicted molar refractivity (Wildman–Crippen MR) is 172 cm³/mol. The molecule has 7 atom stereocenters. The van der Waals surface area contributed by atoms with E-state index >= 15 is 4.39 Å². The van der Waals surface area contributed by atoms with E-state index in [9.17, 15) is 4.79 Å². The molecule has 6 aliphatic rings. The summed E-state index contributed by atoms with van der Waals surface area (Å²) in [6.45, 7) is 14.5. The van der Waals surface area contributed by atoms with Crippen molar-refractivity contribution in [3.63, 3.8) is 0 Å². The van der Waals surface area contributed by atoms with Gasteiger partial charge >= 0.3 is 0 Å². The molecule has 0 radical (unpaired) electrons. The normalized spacial score (nSPS) is 34.8. The molecule has 4 fully saturated rings. The van der Waals surface area contributed by atoms with E-state index < -0.39 is 9.21 Å². The van der Waals surface area contributed by atoms with Gasteiger partial charge in [0.15, 0.2) is 3.68 Å². The van der Waals surface area contributed by atoms with Crippen LogP contribution in [-0.4, -0.2) is 69.4 Å². The molecule has 7 nitrogen and oxygen atoms in total. The van der Waals surface area contributed by atoms with Gasteiger partial charge in [-0.25, -0.2) is 15.2 Å². The summed E-state index contributed by atoms with van der Waals surface area (Å²) in [5.41, 5.74) is 8.45. The third-order valence-corrected chi connectivity index (χ3v) is 11.6. The standard InChI is InChI=1S/C33H47FIN5O2/c1-6-32(3,39-13-14-42-21(2)18-39)25-16-27(33(4,34)35)28-17-26(31(41)40(28)19-25)23-11-8-12-24(15-23)29(22-9-7-10-22)30-37-36-20-38(30)5/h6,16-17,19,22-24,26,29-30,36-37H,1-2,7-15,18,20H2,3-5H3/t23?,24?,26?,29-,30?,32?,33+/m1/s1. The lowest BCUT2D eigenvalue weighted by atomic mass is 9.62. The van der Waals surface area contributed by atoms with E-state index in [1.165, 1.54) is 25.7 Å². The Bertz CT molecular complexity index is 1210. The third-order valence-electron chi connectivity index (χ3n) is 11.0. The van der Waals surface area contributed by atoms with Gasteiger partial charge in [-0.05, 0) is 97.7 Å². The number of hydrogen-bond donors (Lipinski definition) is 2. The number of hydrogen-bond acceptors (Lipinski definition) is 6. The van der Waals surface area contributed by atoms with E-state index in [4.69, 9.17) is 4.74 Å². The highest BCUT2D eigenvalue weighted by atomic mass is 127. The van der Waals surface area contributed by atoms with Gasteiger partial charge in [0.05, 0.1) is 36.5 Å². The zero-order chi connectivity index (χ0) is 29.8. The van der Waals surface area contributed by atoms with E-state index in [0.29, 0.717) is 54.7 Å². The Morgan fingerprint density at radius 1 is 1.21 bits per heavy atom. The molecular weight excluding hydrogens is 644 g/mol. The first-order valence-corrected chi connectivity index (χ1v) is 16.8. The van der Waals surface area contributed by atoms with Gasteiger partial charge in [-0.3, -0.25) is 19.5 Å². The minimum atomic E-state index is -1.64. The summed E-state index contributed by atoms with van der Waals surface area (Å²) < 4.78 is 19.9. The molecule has 0 bridgehead atoms. The van der Waals surface area contributed by atoms with Crippen LogP contribution in [0.2, 0.25) is 0 Å². The molecular formula is C33H47FIN5O2. The van der Waals surface area contributed by atoms with Crippen molar-refractivity contribution in [3.8, 4) is 0 Å². The minimum absolute atomic E-state index is 0.0789. The highest BCUT2D eigenvalue weighted by molar-refractivity contribution is 14.1. The van der Waals surface area contributed by atoms with Gasteiger partial charge in [0, 0.05) is 18.3 Å². The number of hydrazine groups is 1. The molecule has 4 aliphatic heterocycles. The van der Waals surface area contributed by atoms with Crippen LogP contribution in [0.5, 0.6) is 0 Å². The third kappa shape index (κ3) is 5.46. The number of allylic oxidation sites excluding steroid dienone is 1. The molecule has 9 heteroatoms. The minimum Gasteiger partial charge on any atom is -0.496 e. The van der Waals surface area contributed by atoms with Crippen LogP contribution in [0.15, 0.2) is 60.2 Å². The molecule has 0 aromatic rings. The van der Waals surface area contributed by atoms with Crippen molar-refractivity contribution in [2.45, 2.75) is 74.2 Å². The number of carbonyl (C=O) groups is 1. The Kier molecular flexibility index (Phi) is 8.54. The van der Waals surface area contributed by atoms with Gasteiger partial charge in [-0.1, -0.05) is 44.8 Å². The van der Waals surface area contributed by atoms with E-state index in [2.05, 4.69) is 53.9 Å². The Labute approximate surface area is 264 Å². The highest BCUT2D eigenvalue weighted by Crippen LogP contribution is 2.51. The lowest BCUT2D eigenvalue weighted by Gasteiger charge is -2.46. The van der Waals surface area contributed by atoms with Crippen molar-refractivity contribution in [3.05, 3.63) is 60.2 Å². The number of ether oxygens (including phenoxy) is 1. The zero-order valence-corrected chi connectivity index (χ0v) is 27.5. The molecule has 230 valence electrons. The second-order valence-corrected chi connectivity index (χ2v) is 15.6. The average Bonchev–Trinajstić information content (AvgIpc) is 3.51. The van der Waals surface area contributed by atoms with Crippen molar-refractivity contribution in [2.24, 2.45) is 29.6 Å². The Balaban J connectivity index is 1.28. The molecule has 2 saturated carbocycles. The zero-order valence-electron chi connectivity index (χ0n) is 25.4. The fraction of sp³-hybridized carbons (Fsp3) is 0.667. The number of halogens is 2. The van der Waals surface area contributed by atoms with Crippen LogP contribution in [0.4, 0.5) is 4.39 Å². The largest absolute Gasteiger partial charge is 0.496 e. The first-order chi connectivity index (χ1) is 20.0. The van der Waals surface area contributed by atoms with Crippen LogP contribution in [-0.2, 0) is 9.53 Å². The number of rotatable bonds is 8. The molecule has 1 amide bonds. The van der Waals surface area contributed by atoms with Crippen molar-refractivity contribution >= 4 is 28.5 Å². The second kappa shape index (κ2) is 11.8. The molecule has 0 spiro atoms. The molecule has 2 saturated heterocycles. The first-order valence-electron chi connectivity index (χ1n) is 15.8.